The van der Waals surface area contributed by atoms with Crippen molar-refractivity contribution < 1.29 is 18.7 Å². The number of hydrogen-bond donors (Lipinski definition) is 0. The molecule has 38 heavy (non-hydrogen) atoms. The minimum atomic E-state index is -0.496. The Morgan fingerprint density at radius 1 is 1.16 bits per heavy atom. The van der Waals surface area contributed by atoms with E-state index < -0.39 is 5.97 Å². The van der Waals surface area contributed by atoms with Gasteiger partial charge >= 0.3 is 5.97 Å². The van der Waals surface area contributed by atoms with Gasteiger partial charge in [0.05, 0.1) is 17.7 Å². The van der Waals surface area contributed by atoms with Crippen LogP contribution in [0.3, 0.4) is 0 Å². The average molecular weight is 516 g/mol. The summed E-state index contributed by atoms with van der Waals surface area (Å²) < 4.78 is 12.8. The van der Waals surface area contributed by atoms with Crippen LogP contribution in [0, 0.1) is 11.8 Å². The highest BCUT2D eigenvalue weighted by Crippen LogP contribution is 2.33. The van der Waals surface area contributed by atoms with Gasteiger partial charge in [-0.1, -0.05) is 6.92 Å². The maximum absolute atomic E-state index is 13.7. The molecule has 0 aliphatic heterocycles. The van der Waals surface area contributed by atoms with Crippen molar-refractivity contribution in [2.45, 2.75) is 59.4 Å². The topological polar surface area (TPSA) is 103 Å². The van der Waals surface area contributed by atoms with Gasteiger partial charge < -0.3 is 9.15 Å². The molecule has 0 N–H and O–H groups in total. The molecule has 9 heteroatoms. The number of fused-ring (bicyclic) bond motifs is 1. The van der Waals surface area contributed by atoms with Crippen molar-refractivity contribution in [1.29, 1.82) is 0 Å². The van der Waals surface area contributed by atoms with Gasteiger partial charge in [0.25, 0.3) is 0 Å². The number of furan rings is 1. The quantitative estimate of drug-likeness (QED) is 0.286. The molecule has 3 aromatic heterocycles. The summed E-state index contributed by atoms with van der Waals surface area (Å²) in [5, 5.41) is 5.58. The van der Waals surface area contributed by atoms with Gasteiger partial charge in [0.15, 0.2) is 5.82 Å². The molecule has 0 saturated heterocycles. The number of aromatic nitrogens is 4. The van der Waals surface area contributed by atoms with Gasteiger partial charge in [-0.3, -0.25) is 9.69 Å². The largest absolute Gasteiger partial charge is 0.462 e. The third kappa shape index (κ3) is 5.05. The number of ether oxygens (including phenoxy) is 1. The van der Waals surface area contributed by atoms with Crippen LogP contribution in [0.4, 0.5) is 5.82 Å². The zero-order valence-corrected chi connectivity index (χ0v) is 22.3. The number of esters is 1. The van der Waals surface area contributed by atoms with Crippen molar-refractivity contribution in [3.05, 3.63) is 54.6 Å². The second-order valence-corrected chi connectivity index (χ2v) is 10.2. The van der Waals surface area contributed by atoms with E-state index in [1.807, 2.05) is 44.2 Å². The van der Waals surface area contributed by atoms with Crippen molar-refractivity contribution in [3.8, 4) is 17.0 Å². The van der Waals surface area contributed by atoms with Gasteiger partial charge in [0.2, 0.25) is 11.6 Å². The number of nitrogens with zero attached hydrogens (tertiary/aromatic N) is 5. The highest BCUT2D eigenvalue weighted by Gasteiger charge is 2.34. The maximum Gasteiger partial charge on any atom is 0.343 e. The molecule has 9 nitrogen and oxygen atoms in total. The maximum atomic E-state index is 13.7. The van der Waals surface area contributed by atoms with Crippen molar-refractivity contribution in [2.75, 3.05) is 11.5 Å². The molecule has 1 aliphatic carbocycles. The van der Waals surface area contributed by atoms with E-state index in [1.165, 1.54) is 6.33 Å². The normalized spacial score (nSPS) is 17.6. The van der Waals surface area contributed by atoms with E-state index in [-0.39, 0.29) is 30.0 Å². The van der Waals surface area contributed by atoms with Crippen LogP contribution >= 0.6 is 0 Å². The van der Waals surface area contributed by atoms with E-state index in [2.05, 4.69) is 16.9 Å². The molecule has 1 aromatic carbocycles. The summed E-state index contributed by atoms with van der Waals surface area (Å²) in [6.07, 6.45) is 8.58. The lowest BCUT2D eigenvalue weighted by Gasteiger charge is -2.32. The fourth-order valence-corrected chi connectivity index (χ4v) is 5.04. The summed E-state index contributed by atoms with van der Waals surface area (Å²) in [6, 6.07) is 9.35. The Morgan fingerprint density at radius 2 is 1.89 bits per heavy atom. The van der Waals surface area contributed by atoms with Gasteiger partial charge in [0, 0.05) is 29.9 Å². The molecular formula is C29H33N5O4. The van der Waals surface area contributed by atoms with Gasteiger partial charge in [-0.15, -0.1) is 5.10 Å². The van der Waals surface area contributed by atoms with Crippen LogP contribution in [0.5, 0.6) is 0 Å². The summed E-state index contributed by atoms with van der Waals surface area (Å²) in [7, 11) is 0. The van der Waals surface area contributed by atoms with E-state index in [9.17, 15) is 9.59 Å². The zero-order valence-electron chi connectivity index (χ0n) is 22.3. The minimum Gasteiger partial charge on any atom is -0.462 e. The summed E-state index contributed by atoms with van der Waals surface area (Å²) in [5.41, 5.74) is 2.41. The van der Waals surface area contributed by atoms with Crippen molar-refractivity contribution in [2.24, 2.45) is 11.8 Å². The molecule has 0 unspecified atom stereocenters. The zero-order chi connectivity index (χ0) is 26.8. The molecule has 5 rings (SSSR count). The number of carbonyl (C=O) groups is 2. The van der Waals surface area contributed by atoms with E-state index in [1.54, 1.807) is 28.9 Å². The molecule has 1 saturated carbocycles. The fourth-order valence-electron chi connectivity index (χ4n) is 5.04. The number of benzene rings is 1. The van der Waals surface area contributed by atoms with Crippen molar-refractivity contribution in [1.82, 2.24) is 19.7 Å². The summed E-state index contributed by atoms with van der Waals surface area (Å²) >= 11 is 0. The number of rotatable bonds is 7. The molecule has 198 valence electrons. The van der Waals surface area contributed by atoms with E-state index in [0.29, 0.717) is 23.2 Å². The molecule has 1 fully saturated rings. The predicted molar refractivity (Wildman–Crippen MR) is 144 cm³/mol. The van der Waals surface area contributed by atoms with Crippen molar-refractivity contribution in [3.63, 3.8) is 0 Å². The highest BCUT2D eigenvalue weighted by molar-refractivity contribution is 6.02. The molecule has 0 radical (unpaired) electrons. The third-order valence-corrected chi connectivity index (χ3v) is 7.15. The minimum absolute atomic E-state index is 0.0195. The Bertz CT molecular complexity index is 1400. The average Bonchev–Trinajstić information content (AvgIpc) is 3.54. The molecular weight excluding hydrogens is 482 g/mol. The standard InChI is InChI=1S/C29H33N5O4/c1-5-37-29(36)24-16-33(32-26(24)34(18(2)3)28(35)21-8-6-19(4)7-9-21)23-12-10-20(11-13-23)25-14-22-15-30-17-31-27(22)38-25/h10-19,21H,5-9H2,1-4H3. The van der Waals surface area contributed by atoms with Crippen LogP contribution in [0.2, 0.25) is 0 Å². The lowest BCUT2D eigenvalue weighted by atomic mass is 9.82. The monoisotopic (exact) mass is 515 g/mol. The lowest BCUT2D eigenvalue weighted by Crippen LogP contribution is -2.43. The Labute approximate surface area is 221 Å². The van der Waals surface area contributed by atoms with Crippen LogP contribution in [-0.2, 0) is 9.53 Å². The van der Waals surface area contributed by atoms with Crippen LogP contribution in [0.15, 0.2) is 53.5 Å². The Kier molecular flexibility index (Phi) is 7.26. The molecule has 1 amide bonds. The number of anilines is 1. The smallest absolute Gasteiger partial charge is 0.343 e. The van der Waals surface area contributed by atoms with Gasteiger partial charge in [-0.05, 0) is 82.7 Å². The highest BCUT2D eigenvalue weighted by atomic mass is 16.5. The first-order chi connectivity index (χ1) is 18.4. The summed E-state index contributed by atoms with van der Waals surface area (Å²) in [4.78, 5) is 36.5. The fraction of sp³-hybridized carbons (Fsp3) is 0.414. The first-order valence-electron chi connectivity index (χ1n) is 13.3. The van der Waals surface area contributed by atoms with Gasteiger partial charge in [0.1, 0.15) is 17.7 Å². The third-order valence-electron chi connectivity index (χ3n) is 7.15. The second kappa shape index (κ2) is 10.8. The molecule has 0 atom stereocenters. The molecule has 0 spiro atoms. The van der Waals surface area contributed by atoms with E-state index in [0.717, 1.165) is 42.3 Å². The van der Waals surface area contributed by atoms with Crippen LogP contribution in [0.25, 0.3) is 28.1 Å². The van der Waals surface area contributed by atoms with Crippen LogP contribution in [0.1, 0.15) is 63.7 Å². The van der Waals surface area contributed by atoms with E-state index >= 15 is 0 Å². The number of hydrogen-bond acceptors (Lipinski definition) is 7. The molecule has 1 aliphatic rings. The van der Waals surface area contributed by atoms with E-state index in [4.69, 9.17) is 14.3 Å². The number of carbonyl (C=O) groups excluding carboxylic acids is 2. The van der Waals surface area contributed by atoms with Crippen LogP contribution in [-0.4, -0.2) is 44.3 Å². The molecule has 0 bridgehead atoms. The molecule has 3 heterocycles. The van der Waals surface area contributed by atoms with Crippen molar-refractivity contribution >= 4 is 28.8 Å². The van der Waals surface area contributed by atoms with Gasteiger partial charge in [-0.25, -0.2) is 19.4 Å². The summed E-state index contributed by atoms with van der Waals surface area (Å²) in [6.45, 7) is 8.12. The predicted octanol–water partition coefficient (Wildman–Crippen LogP) is 5.82. The summed E-state index contributed by atoms with van der Waals surface area (Å²) in [5.74, 6) is 1.11. The Morgan fingerprint density at radius 3 is 2.55 bits per heavy atom. The number of amides is 1. The Balaban J connectivity index is 1.48. The lowest BCUT2D eigenvalue weighted by molar-refractivity contribution is -0.124. The first kappa shape index (κ1) is 25.6. The second-order valence-electron chi connectivity index (χ2n) is 10.2. The molecule has 4 aromatic rings. The van der Waals surface area contributed by atoms with Crippen LogP contribution < -0.4 is 4.90 Å². The Hall–Kier alpha value is -4.01. The SMILES string of the molecule is CCOC(=O)c1cn(-c2ccc(-c3cc4cncnc4o3)cc2)nc1N(C(=O)C1CCC(C)CC1)C(C)C. The van der Waals surface area contributed by atoms with Gasteiger partial charge in [-0.2, -0.15) is 0 Å². The first-order valence-corrected chi connectivity index (χ1v) is 13.3.